The number of hydrogen-bond acceptors (Lipinski definition) is 3. The highest BCUT2D eigenvalue weighted by Gasteiger charge is 2.24. The number of imidazole rings is 1. The van der Waals surface area contributed by atoms with E-state index in [4.69, 9.17) is 4.98 Å². The Labute approximate surface area is 155 Å². The van der Waals surface area contributed by atoms with E-state index < -0.39 is 6.10 Å². The van der Waals surface area contributed by atoms with Crippen molar-refractivity contribution in [2.45, 2.75) is 53.2 Å². The molecule has 0 fully saturated rings. The number of nitrogens with zero attached hydrogens (tertiary/aromatic N) is 2. The normalized spacial score (nSPS) is 14.0. The highest BCUT2D eigenvalue weighted by atomic mass is 16.3. The molecule has 0 aliphatic rings. The molecule has 0 amide bonds. The van der Waals surface area contributed by atoms with Crippen LogP contribution in [0, 0.1) is 5.41 Å². The molecular formula is C21H30N4O. The molecule has 140 valence electrons. The van der Waals surface area contributed by atoms with Crippen molar-refractivity contribution in [3.8, 4) is 11.5 Å². The zero-order valence-corrected chi connectivity index (χ0v) is 16.8. The molecule has 26 heavy (non-hydrogen) atoms. The van der Waals surface area contributed by atoms with E-state index >= 15 is 0 Å². The second-order valence-corrected chi connectivity index (χ2v) is 9.23. The minimum atomic E-state index is -0.517. The van der Waals surface area contributed by atoms with E-state index in [0.717, 1.165) is 33.8 Å². The van der Waals surface area contributed by atoms with Crippen LogP contribution in [0.15, 0.2) is 30.5 Å². The maximum absolute atomic E-state index is 10.5. The summed E-state index contributed by atoms with van der Waals surface area (Å²) in [5, 5.41) is 14.0. The summed E-state index contributed by atoms with van der Waals surface area (Å²) in [7, 11) is 2.02. The van der Waals surface area contributed by atoms with Gasteiger partial charge in [0, 0.05) is 18.8 Å². The molecule has 0 saturated carbocycles. The summed E-state index contributed by atoms with van der Waals surface area (Å²) in [6.07, 6.45) is 1.55. The number of aromatic amines is 1. The van der Waals surface area contributed by atoms with Gasteiger partial charge in [-0.05, 0) is 49.9 Å². The van der Waals surface area contributed by atoms with Crippen molar-refractivity contribution in [2.75, 3.05) is 5.32 Å². The summed E-state index contributed by atoms with van der Waals surface area (Å²) < 4.78 is 2.07. The van der Waals surface area contributed by atoms with Crippen molar-refractivity contribution in [1.29, 1.82) is 0 Å². The summed E-state index contributed by atoms with van der Waals surface area (Å²) >= 11 is 0. The summed E-state index contributed by atoms with van der Waals surface area (Å²) in [6.45, 7) is 12.5. The number of hydrogen-bond donors (Lipinski definition) is 3. The summed E-state index contributed by atoms with van der Waals surface area (Å²) in [5.41, 5.74) is 4.63. The highest BCUT2D eigenvalue weighted by Crippen LogP contribution is 2.34. The predicted octanol–water partition coefficient (Wildman–Crippen LogP) is 4.86. The van der Waals surface area contributed by atoms with Gasteiger partial charge >= 0.3 is 0 Å². The fourth-order valence-corrected chi connectivity index (χ4v) is 3.12. The molecular weight excluding hydrogens is 324 g/mol. The molecule has 5 nitrogen and oxygen atoms in total. The van der Waals surface area contributed by atoms with E-state index in [1.54, 1.807) is 0 Å². The van der Waals surface area contributed by atoms with Crippen molar-refractivity contribution in [3.05, 3.63) is 36.0 Å². The van der Waals surface area contributed by atoms with Crippen LogP contribution in [-0.2, 0) is 7.05 Å². The Kier molecular flexibility index (Phi) is 4.39. The first-order chi connectivity index (χ1) is 11.9. The molecule has 0 bridgehead atoms. The van der Waals surface area contributed by atoms with E-state index in [1.165, 1.54) is 0 Å². The molecule has 2 aromatic heterocycles. The van der Waals surface area contributed by atoms with Crippen LogP contribution in [0.25, 0.3) is 22.6 Å². The molecule has 0 spiro atoms. The van der Waals surface area contributed by atoms with Crippen LogP contribution >= 0.6 is 0 Å². The number of benzene rings is 1. The Morgan fingerprint density at radius 1 is 1.12 bits per heavy atom. The third-order valence-corrected chi connectivity index (χ3v) is 4.41. The second-order valence-electron chi connectivity index (χ2n) is 9.23. The molecule has 5 heteroatoms. The summed E-state index contributed by atoms with van der Waals surface area (Å²) in [6, 6.07) is 8.03. The maximum atomic E-state index is 10.5. The number of anilines is 1. The van der Waals surface area contributed by atoms with Crippen LogP contribution in [0.3, 0.4) is 0 Å². The molecule has 3 N–H and O–H groups in total. The second kappa shape index (κ2) is 6.16. The smallest absolute Gasteiger partial charge is 0.155 e. The lowest BCUT2D eigenvalue weighted by atomic mass is 9.85. The number of aliphatic hydroxyl groups is 1. The van der Waals surface area contributed by atoms with Gasteiger partial charge in [-0.1, -0.05) is 26.8 Å². The first kappa shape index (κ1) is 18.5. The zero-order chi connectivity index (χ0) is 19.3. The number of aromatic nitrogens is 3. The number of rotatable bonds is 3. The fourth-order valence-electron chi connectivity index (χ4n) is 3.12. The molecule has 2 heterocycles. The van der Waals surface area contributed by atoms with E-state index in [1.807, 2.05) is 46.0 Å². The largest absolute Gasteiger partial charge is 0.388 e. The molecule has 0 saturated heterocycles. The van der Waals surface area contributed by atoms with Gasteiger partial charge in [0.2, 0.25) is 0 Å². The number of H-pyrrole nitrogens is 1. The van der Waals surface area contributed by atoms with Crippen molar-refractivity contribution in [1.82, 2.24) is 14.5 Å². The van der Waals surface area contributed by atoms with Crippen molar-refractivity contribution >= 4 is 16.7 Å². The van der Waals surface area contributed by atoms with Gasteiger partial charge in [0.15, 0.2) is 5.82 Å². The van der Waals surface area contributed by atoms with Gasteiger partial charge in [-0.25, -0.2) is 4.98 Å². The van der Waals surface area contributed by atoms with Gasteiger partial charge in [-0.15, -0.1) is 0 Å². The number of fused-ring (bicyclic) bond motifs is 1. The van der Waals surface area contributed by atoms with Gasteiger partial charge in [-0.3, -0.25) is 0 Å². The average molecular weight is 354 g/mol. The third-order valence-electron chi connectivity index (χ3n) is 4.41. The molecule has 1 atom stereocenters. The monoisotopic (exact) mass is 354 g/mol. The standard InChI is InChI=1S/C21H30N4O/c1-20(2,3)18(26)13-8-9-15-16(10-13)23-19(22-15)17-11-14(12-25(17)7)24-21(4,5)6/h8-12,18,24,26H,1-7H3,(H,22,23). The topological polar surface area (TPSA) is 65.9 Å². The van der Waals surface area contributed by atoms with E-state index in [2.05, 4.69) is 47.9 Å². The Balaban J connectivity index is 1.97. The molecule has 3 aromatic rings. The van der Waals surface area contributed by atoms with Gasteiger partial charge in [-0.2, -0.15) is 0 Å². The van der Waals surface area contributed by atoms with Gasteiger partial charge < -0.3 is 20.0 Å². The number of nitrogens with one attached hydrogen (secondary N) is 2. The van der Waals surface area contributed by atoms with E-state index in [-0.39, 0.29) is 11.0 Å². The lowest BCUT2D eigenvalue weighted by molar-refractivity contribution is 0.0628. The quantitative estimate of drug-likeness (QED) is 0.629. The van der Waals surface area contributed by atoms with Crippen molar-refractivity contribution < 1.29 is 5.11 Å². The lowest BCUT2D eigenvalue weighted by Gasteiger charge is -2.26. The third kappa shape index (κ3) is 3.78. The van der Waals surface area contributed by atoms with Crippen LogP contribution < -0.4 is 5.32 Å². The predicted molar refractivity (Wildman–Crippen MR) is 108 cm³/mol. The Morgan fingerprint density at radius 3 is 2.42 bits per heavy atom. The van der Waals surface area contributed by atoms with Crippen LogP contribution in [0.5, 0.6) is 0 Å². The molecule has 0 aliphatic carbocycles. The Morgan fingerprint density at radius 2 is 1.81 bits per heavy atom. The van der Waals surface area contributed by atoms with Crippen molar-refractivity contribution in [2.24, 2.45) is 12.5 Å². The average Bonchev–Trinajstić information content (AvgIpc) is 3.05. The minimum Gasteiger partial charge on any atom is -0.388 e. The van der Waals surface area contributed by atoms with Gasteiger partial charge in [0.25, 0.3) is 0 Å². The molecule has 1 aromatic carbocycles. The Bertz CT molecular complexity index is 922. The SMILES string of the molecule is Cn1cc(NC(C)(C)C)cc1-c1nc2ccc(C(O)C(C)(C)C)cc2[nH]1. The van der Waals surface area contributed by atoms with E-state index in [9.17, 15) is 5.11 Å². The first-order valence-corrected chi connectivity index (χ1v) is 9.07. The summed E-state index contributed by atoms with van der Waals surface area (Å²) in [4.78, 5) is 8.14. The molecule has 0 aliphatic heterocycles. The molecule has 3 rings (SSSR count). The lowest BCUT2D eigenvalue weighted by Crippen LogP contribution is -2.25. The molecule has 1 unspecified atom stereocenters. The van der Waals surface area contributed by atoms with Crippen molar-refractivity contribution in [3.63, 3.8) is 0 Å². The fraction of sp³-hybridized carbons (Fsp3) is 0.476. The van der Waals surface area contributed by atoms with E-state index in [0.29, 0.717) is 0 Å². The van der Waals surface area contributed by atoms with Gasteiger partial charge in [0.05, 0.1) is 28.5 Å². The first-order valence-electron chi connectivity index (χ1n) is 9.07. The molecule has 0 radical (unpaired) electrons. The zero-order valence-electron chi connectivity index (χ0n) is 16.8. The van der Waals surface area contributed by atoms with Crippen LogP contribution in [0.1, 0.15) is 53.2 Å². The van der Waals surface area contributed by atoms with Crippen LogP contribution in [0.4, 0.5) is 5.69 Å². The maximum Gasteiger partial charge on any atom is 0.155 e. The number of aryl methyl sites for hydroxylation is 1. The van der Waals surface area contributed by atoms with Crippen LogP contribution in [0.2, 0.25) is 0 Å². The Hall–Kier alpha value is -2.27. The number of aliphatic hydroxyl groups excluding tert-OH is 1. The minimum absolute atomic E-state index is 0.00446. The van der Waals surface area contributed by atoms with Crippen LogP contribution in [-0.4, -0.2) is 25.2 Å². The highest BCUT2D eigenvalue weighted by molar-refractivity contribution is 5.80. The summed E-state index contributed by atoms with van der Waals surface area (Å²) in [5.74, 6) is 0.826. The van der Waals surface area contributed by atoms with Gasteiger partial charge in [0.1, 0.15) is 0 Å².